The van der Waals surface area contributed by atoms with Gasteiger partial charge in [0.1, 0.15) is 0 Å². The summed E-state index contributed by atoms with van der Waals surface area (Å²) in [6.07, 6.45) is 0.964. The fourth-order valence-electron chi connectivity index (χ4n) is 2.56. The molecular weight excluding hydrogens is 322 g/mol. The van der Waals surface area contributed by atoms with Crippen LogP contribution in [0.4, 0.5) is 14.5 Å². The molecule has 0 aliphatic heterocycles. The van der Waals surface area contributed by atoms with E-state index in [0.29, 0.717) is 21.8 Å². The maximum Gasteiger partial charge on any atom is 0.288 e. The summed E-state index contributed by atoms with van der Waals surface area (Å²) >= 11 is 5.86. The van der Waals surface area contributed by atoms with Crippen molar-refractivity contribution < 1.29 is 8.78 Å². The zero-order chi connectivity index (χ0) is 17.0. The molecule has 2 nitrogen and oxygen atoms in total. The van der Waals surface area contributed by atoms with Gasteiger partial charge in [0.15, 0.2) is 5.11 Å². The molecule has 0 bridgehead atoms. The summed E-state index contributed by atoms with van der Waals surface area (Å²) < 4.78 is 24.5. The molecule has 0 aliphatic rings. The molecule has 0 spiro atoms. The van der Waals surface area contributed by atoms with Crippen LogP contribution in [0.1, 0.15) is 41.0 Å². The van der Waals surface area contributed by atoms with Crippen molar-refractivity contribution in [2.75, 3.05) is 5.32 Å². The van der Waals surface area contributed by atoms with Crippen LogP contribution >= 0.6 is 24.0 Å². The van der Waals surface area contributed by atoms with Crippen LogP contribution in [0, 0.1) is 5.41 Å². The molecule has 0 heterocycles. The number of alkyl halides is 2. The van der Waals surface area contributed by atoms with Gasteiger partial charge in [-0.3, -0.25) is 0 Å². The molecule has 0 aromatic heterocycles. The van der Waals surface area contributed by atoms with E-state index in [4.69, 9.17) is 12.2 Å². The van der Waals surface area contributed by atoms with Crippen molar-refractivity contribution in [2.24, 2.45) is 5.41 Å². The van der Waals surface area contributed by atoms with E-state index in [0.717, 1.165) is 12.1 Å². The molecule has 0 amide bonds. The highest BCUT2D eigenvalue weighted by Crippen LogP contribution is 2.28. The van der Waals surface area contributed by atoms with E-state index < -0.39 is 5.76 Å². The molecule has 22 heavy (non-hydrogen) atoms. The average molecular weight is 347 g/mol. The summed E-state index contributed by atoms with van der Waals surface area (Å²) in [4.78, 5) is 0.535. The number of anilines is 1. The summed E-state index contributed by atoms with van der Waals surface area (Å²) in [5, 5.41) is 6.92. The van der Waals surface area contributed by atoms with E-state index >= 15 is 0 Å². The Balaban J connectivity index is 2.58. The number of nitrogens with one attached hydrogen (secondary N) is 2. The number of thioether (sulfide) groups is 1. The quantitative estimate of drug-likeness (QED) is 0.543. The normalized spacial score (nSPS) is 12.4. The minimum Gasteiger partial charge on any atom is -0.358 e. The summed E-state index contributed by atoms with van der Waals surface area (Å²) in [7, 11) is 0. The third kappa shape index (κ3) is 7.94. The van der Waals surface area contributed by atoms with Crippen molar-refractivity contribution >= 4 is 34.8 Å². The predicted molar refractivity (Wildman–Crippen MR) is 95.8 cm³/mol. The maximum absolute atomic E-state index is 12.3. The maximum atomic E-state index is 12.3. The van der Waals surface area contributed by atoms with Crippen LogP contribution in [-0.2, 0) is 0 Å². The standard InChI is InChI=1S/C16H24F2N2S2/c1-15(2,3)10-16(4,5)20-14(21)19-11-6-8-12(9-7-11)22-13(17)18/h6-9,13H,10H2,1-5H3,(H2,19,20,21). The molecule has 1 aromatic carbocycles. The SMILES string of the molecule is CC(C)(C)CC(C)(C)NC(=S)Nc1ccc(SC(F)F)cc1. The molecule has 1 rings (SSSR count). The smallest absolute Gasteiger partial charge is 0.288 e. The topological polar surface area (TPSA) is 24.1 Å². The van der Waals surface area contributed by atoms with Gasteiger partial charge >= 0.3 is 0 Å². The largest absolute Gasteiger partial charge is 0.358 e. The Kier molecular flexibility index (Phi) is 6.62. The van der Waals surface area contributed by atoms with Crippen LogP contribution in [0.2, 0.25) is 0 Å². The van der Waals surface area contributed by atoms with E-state index in [9.17, 15) is 8.78 Å². The summed E-state index contributed by atoms with van der Waals surface area (Å²) in [5.41, 5.74) is 0.844. The minimum atomic E-state index is -2.40. The first kappa shape index (κ1) is 19.2. The monoisotopic (exact) mass is 346 g/mol. The molecule has 0 radical (unpaired) electrons. The molecule has 124 valence electrons. The zero-order valence-corrected chi connectivity index (χ0v) is 15.3. The van der Waals surface area contributed by atoms with Crippen molar-refractivity contribution in [3.8, 4) is 0 Å². The molecule has 0 unspecified atom stereocenters. The molecule has 0 saturated heterocycles. The van der Waals surface area contributed by atoms with Crippen molar-refractivity contribution in [3.05, 3.63) is 24.3 Å². The predicted octanol–water partition coefficient (Wildman–Crippen LogP) is 5.50. The van der Waals surface area contributed by atoms with Crippen LogP contribution in [0.5, 0.6) is 0 Å². The lowest BCUT2D eigenvalue weighted by atomic mass is 9.82. The number of thiocarbonyl (C=S) groups is 1. The Morgan fingerprint density at radius 1 is 1.14 bits per heavy atom. The number of halogens is 2. The van der Waals surface area contributed by atoms with Gasteiger partial charge in [0, 0.05) is 16.1 Å². The number of hydrogen-bond donors (Lipinski definition) is 2. The second-order valence-electron chi connectivity index (χ2n) is 7.10. The number of rotatable bonds is 5. The first-order valence-electron chi connectivity index (χ1n) is 7.11. The first-order valence-corrected chi connectivity index (χ1v) is 8.40. The molecule has 0 fully saturated rings. The lowest BCUT2D eigenvalue weighted by Gasteiger charge is -2.34. The van der Waals surface area contributed by atoms with Crippen molar-refractivity contribution in [3.63, 3.8) is 0 Å². The van der Waals surface area contributed by atoms with Gasteiger partial charge in [-0.25, -0.2) is 0 Å². The van der Waals surface area contributed by atoms with Crippen LogP contribution in [0.15, 0.2) is 29.2 Å². The van der Waals surface area contributed by atoms with Crippen molar-refractivity contribution in [1.82, 2.24) is 5.32 Å². The summed E-state index contributed by atoms with van der Waals surface area (Å²) in [6.45, 7) is 10.8. The van der Waals surface area contributed by atoms with Crippen molar-refractivity contribution in [2.45, 2.75) is 57.2 Å². The first-order chi connectivity index (χ1) is 9.97. The molecule has 0 atom stereocenters. The highest BCUT2D eigenvalue weighted by molar-refractivity contribution is 7.99. The van der Waals surface area contributed by atoms with Crippen LogP contribution in [-0.4, -0.2) is 16.4 Å². The van der Waals surface area contributed by atoms with Gasteiger partial charge in [-0.2, -0.15) is 8.78 Å². The molecule has 1 aromatic rings. The van der Waals surface area contributed by atoms with Gasteiger partial charge in [0.25, 0.3) is 5.76 Å². The fourth-order valence-corrected chi connectivity index (χ4v) is 3.45. The Morgan fingerprint density at radius 2 is 1.68 bits per heavy atom. The van der Waals surface area contributed by atoms with Gasteiger partial charge in [0.05, 0.1) is 0 Å². The summed E-state index contributed by atoms with van der Waals surface area (Å²) in [5.74, 6) is -2.40. The number of benzene rings is 1. The van der Waals surface area contributed by atoms with Crippen LogP contribution in [0.25, 0.3) is 0 Å². The van der Waals surface area contributed by atoms with Crippen molar-refractivity contribution in [1.29, 1.82) is 0 Å². The second kappa shape index (κ2) is 7.59. The minimum absolute atomic E-state index is 0.131. The lowest BCUT2D eigenvalue weighted by Crippen LogP contribution is -2.47. The van der Waals surface area contributed by atoms with E-state index in [1.54, 1.807) is 24.3 Å². The second-order valence-corrected chi connectivity index (χ2v) is 8.58. The molecule has 0 aliphatic carbocycles. The Labute approximate surface area is 141 Å². The van der Waals surface area contributed by atoms with Gasteiger partial charge in [0.2, 0.25) is 0 Å². The Hall–Kier alpha value is -0.880. The molecular formula is C16H24F2N2S2. The van der Waals surface area contributed by atoms with Gasteiger partial charge < -0.3 is 10.6 Å². The lowest BCUT2D eigenvalue weighted by molar-refractivity contribution is 0.252. The number of hydrogen-bond acceptors (Lipinski definition) is 2. The van der Waals surface area contributed by atoms with Gasteiger partial charge in [-0.1, -0.05) is 32.5 Å². The molecule has 0 saturated carbocycles. The van der Waals surface area contributed by atoms with E-state index in [2.05, 4.69) is 45.3 Å². The van der Waals surface area contributed by atoms with E-state index in [-0.39, 0.29) is 11.0 Å². The van der Waals surface area contributed by atoms with Gasteiger partial charge in [-0.05, 0) is 62.2 Å². The Morgan fingerprint density at radius 3 is 2.14 bits per heavy atom. The fraction of sp³-hybridized carbons (Fsp3) is 0.562. The van der Waals surface area contributed by atoms with E-state index in [1.165, 1.54) is 0 Å². The third-order valence-electron chi connectivity index (χ3n) is 2.76. The van der Waals surface area contributed by atoms with Gasteiger partial charge in [-0.15, -0.1) is 0 Å². The Bertz CT molecular complexity index is 494. The van der Waals surface area contributed by atoms with Crippen LogP contribution in [0.3, 0.4) is 0 Å². The third-order valence-corrected chi connectivity index (χ3v) is 3.69. The highest BCUT2D eigenvalue weighted by Gasteiger charge is 2.25. The average Bonchev–Trinajstić information content (AvgIpc) is 2.26. The molecule has 2 N–H and O–H groups in total. The highest BCUT2D eigenvalue weighted by atomic mass is 32.2. The summed E-state index contributed by atoms with van der Waals surface area (Å²) in [6, 6.07) is 6.80. The molecule has 6 heteroatoms. The van der Waals surface area contributed by atoms with Crippen LogP contribution < -0.4 is 10.6 Å². The zero-order valence-electron chi connectivity index (χ0n) is 13.7. The van der Waals surface area contributed by atoms with E-state index in [1.807, 2.05) is 0 Å².